The number of hydrogen-bond donors (Lipinski definition) is 1. The average Bonchev–Trinajstić information content (AvgIpc) is 2.93. The number of hydrogen-bond acceptors (Lipinski definition) is 4. The van der Waals surface area contributed by atoms with E-state index in [0.29, 0.717) is 6.54 Å². The van der Waals surface area contributed by atoms with E-state index in [1.807, 2.05) is 24.4 Å². The molecule has 0 spiro atoms. The molecule has 0 amide bonds. The van der Waals surface area contributed by atoms with Crippen molar-refractivity contribution < 1.29 is 0 Å². The van der Waals surface area contributed by atoms with E-state index >= 15 is 0 Å². The van der Waals surface area contributed by atoms with Gasteiger partial charge in [-0.05, 0) is 7.05 Å². The lowest BCUT2D eigenvalue weighted by atomic mass is 10.1. The molecule has 0 aliphatic carbocycles. The van der Waals surface area contributed by atoms with Crippen LogP contribution in [0.4, 0.5) is 0 Å². The summed E-state index contributed by atoms with van der Waals surface area (Å²) < 4.78 is 2.19. The maximum Gasteiger partial charge on any atom is 0.139 e. The average molecular weight is 299 g/mol. The first-order valence-electron chi connectivity index (χ1n) is 7.90. The van der Waals surface area contributed by atoms with E-state index in [4.69, 9.17) is 5.73 Å². The van der Waals surface area contributed by atoms with Crippen molar-refractivity contribution in [2.75, 3.05) is 39.8 Å². The molecule has 5 nitrogen and oxygen atoms in total. The third kappa shape index (κ3) is 2.92. The van der Waals surface area contributed by atoms with Crippen LogP contribution in [0, 0.1) is 0 Å². The maximum absolute atomic E-state index is 6.09. The Hall–Kier alpha value is -1.69. The maximum atomic E-state index is 6.09. The van der Waals surface area contributed by atoms with Crippen molar-refractivity contribution in [3.05, 3.63) is 42.2 Å². The smallest absolute Gasteiger partial charge is 0.139 e. The number of nitrogens with two attached hydrogens (primary N) is 1. The number of piperazine rings is 1. The highest BCUT2D eigenvalue weighted by Gasteiger charge is 2.25. The second kappa shape index (κ2) is 6.60. The summed E-state index contributed by atoms with van der Waals surface area (Å²) in [5, 5.41) is 0. The highest BCUT2D eigenvalue weighted by atomic mass is 15.3. The van der Waals surface area contributed by atoms with E-state index in [-0.39, 0.29) is 6.04 Å². The van der Waals surface area contributed by atoms with Crippen molar-refractivity contribution in [1.82, 2.24) is 19.4 Å². The van der Waals surface area contributed by atoms with Crippen LogP contribution in [0.15, 0.2) is 36.5 Å². The highest BCUT2D eigenvalue weighted by molar-refractivity contribution is 5.55. The van der Waals surface area contributed by atoms with Crippen molar-refractivity contribution in [2.24, 2.45) is 12.8 Å². The molecule has 0 bridgehead atoms. The minimum absolute atomic E-state index is 0.240. The first-order chi connectivity index (χ1) is 10.7. The van der Waals surface area contributed by atoms with Gasteiger partial charge in [-0.3, -0.25) is 4.90 Å². The van der Waals surface area contributed by atoms with Crippen LogP contribution in [0.25, 0.3) is 11.4 Å². The minimum Gasteiger partial charge on any atom is -0.330 e. The summed E-state index contributed by atoms with van der Waals surface area (Å²) in [6.07, 6.45) is 1.98. The quantitative estimate of drug-likeness (QED) is 0.925. The zero-order valence-corrected chi connectivity index (χ0v) is 13.4. The molecule has 1 saturated heterocycles. The van der Waals surface area contributed by atoms with E-state index in [1.54, 1.807) is 0 Å². The Kier molecular flexibility index (Phi) is 4.57. The van der Waals surface area contributed by atoms with E-state index in [1.165, 1.54) is 5.69 Å². The Labute approximate surface area is 132 Å². The summed E-state index contributed by atoms with van der Waals surface area (Å²) in [6, 6.07) is 10.6. The van der Waals surface area contributed by atoms with Crippen molar-refractivity contribution in [1.29, 1.82) is 0 Å². The highest BCUT2D eigenvalue weighted by Crippen LogP contribution is 2.25. The predicted molar refractivity (Wildman–Crippen MR) is 89.5 cm³/mol. The molecule has 22 heavy (non-hydrogen) atoms. The zero-order valence-electron chi connectivity index (χ0n) is 13.4. The number of rotatable bonds is 4. The van der Waals surface area contributed by atoms with Crippen molar-refractivity contribution in [3.8, 4) is 11.4 Å². The molecule has 3 rings (SSSR count). The van der Waals surface area contributed by atoms with Gasteiger partial charge in [0.15, 0.2) is 0 Å². The van der Waals surface area contributed by atoms with Gasteiger partial charge in [0.25, 0.3) is 0 Å². The molecule has 2 N–H and O–H groups in total. The summed E-state index contributed by atoms with van der Waals surface area (Å²) in [6.45, 7) is 4.94. The molecule has 0 saturated carbocycles. The molecule has 1 atom stereocenters. The number of aromatic nitrogens is 2. The molecule has 1 aromatic heterocycles. The van der Waals surface area contributed by atoms with E-state index < -0.39 is 0 Å². The number of benzene rings is 1. The van der Waals surface area contributed by atoms with Crippen LogP contribution < -0.4 is 5.73 Å². The molecule has 2 aromatic rings. The van der Waals surface area contributed by atoms with Crippen LogP contribution in [0.3, 0.4) is 0 Å². The van der Waals surface area contributed by atoms with Gasteiger partial charge in [-0.25, -0.2) is 4.98 Å². The molecular weight excluding hydrogens is 274 g/mol. The lowest BCUT2D eigenvalue weighted by Gasteiger charge is -2.37. The molecule has 2 heterocycles. The van der Waals surface area contributed by atoms with Crippen molar-refractivity contribution in [3.63, 3.8) is 0 Å². The van der Waals surface area contributed by atoms with Crippen LogP contribution in [-0.2, 0) is 7.05 Å². The third-order valence-corrected chi connectivity index (χ3v) is 4.60. The van der Waals surface area contributed by atoms with Crippen LogP contribution in [-0.4, -0.2) is 59.1 Å². The number of imidazole rings is 1. The van der Waals surface area contributed by atoms with Gasteiger partial charge in [-0.2, -0.15) is 0 Å². The summed E-state index contributed by atoms with van der Waals surface area (Å²) in [5.41, 5.74) is 8.43. The standard InChI is InChI=1S/C17H25N5/c1-20-8-10-22(11-9-20)15(12-18)16-13-19-17(21(16)2)14-6-4-3-5-7-14/h3-7,13,15H,8-12,18H2,1-2H3. The van der Waals surface area contributed by atoms with Crippen LogP contribution in [0.2, 0.25) is 0 Å². The molecule has 1 unspecified atom stereocenters. The monoisotopic (exact) mass is 299 g/mol. The molecule has 1 aliphatic rings. The summed E-state index contributed by atoms with van der Waals surface area (Å²) in [7, 11) is 4.26. The van der Waals surface area contributed by atoms with Gasteiger partial charge < -0.3 is 15.2 Å². The molecule has 118 valence electrons. The Morgan fingerprint density at radius 3 is 2.41 bits per heavy atom. The Morgan fingerprint density at radius 2 is 1.77 bits per heavy atom. The molecule has 1 aliphatic heterocycles. The van der Waals surface area contributed by atoms with Crippen LogP contribution in [0.1, 0.15) is 11.7 Å². The second-order valence-electron chi connectivity index (χ2n) is 6.02. The molecule has 5 heteroatoms. The van der Waals surface area contributed by atoms with Crippen LogP contribution >= 0.6 is 0 Å². The van der Waals surface area contributed by atoms with Gasteiger partial charge in [-0.1, -0.05) is 30.3 Å². The topological polar surface area (TPSA) is 50.3 Å². The van der Waals surface area contributed by atoms with E-state index in [9.17, 15) is 0 Å². The Balaban J connectivity index is 1.86. The second-order valence-corrected chi connectivity index (χ2v) is 6.02. The summed E-state index contributed by atoms with van der Waals surface area (Å²) >= 11 is 0. The van der Waals surface area contributed by atoms with Crippen LogP contribution in [0.5, 0.6) is 0 Å². The molecule has 1 fully saturated rings. The largest absolute Gasteiger partial charge is 0.330 e. The minimum atomic E-state index is 0.240. The lowest BCUT2D eigenvalue weighted by Crippen LogP contribution is -2.47. The fourth-order valence-electron chi connectivity index (χ4n) is 3.18. The SMILES string of the molecule is CN1CCN(C(CN)c2cnc(-c3ccccc3)n2C)CC1. The molecular formula is C17H25N5. The predicted octanol–water partition coefficient (Wildman–Crippen LogP) is 1.33. The van der Waals surface area contributed by atoms with Gasteiger partial charge in [0.05, 0.1) is 17.9 Å². The Bertz CT molecular complexity index is 599. The fourth-order valence-corrected chi connectivity index (χ4v) is 3.18. The van der Waals surface area contributed by atoms with Crippen molar-refractivity contribution >= 4 is 0 Å². The first-order valence-corrected chi connectivity index (χ1v) is 7.90. The van der Waals surface area contributed by atoms with E-state index in [2.05, 4.69) is 45.6 Å². The fraction of sp³-hybridized carbons (Fsp3) is 0.471. The van der Waals surface area contributed by atoms with Gasteiger partial charge in [0, 0.05) is 45.3 Å². The summed E-state index contributed by atoms with van der Waals surface area (Å²) in [5.74, 6) is 1.00. The van der Waals surface area contributed by atoms with E-state index in [0.717, 1.165) is 37.6 Å². The lowest BCUT2D eigenvalue weighted by molar-refractivity contribution is 0.111. The normalized spacial score (nSPS) is 18.5. The molecule has 0 radical (unpaired) electrons. The van der Waals surface area contributed by atoms with Gasteiger partial charge >= 0.3 is 0 Å². The van der Waals surface area contributed by atoms with Gasteiger partial charge in [-0.15, -0.1) is 0 Å². The van der Waals surface area contributed by atoms with Crippen molar-refractivity contribution in [2.45, 2.75) is 6.04 Å². The third-order valence-electron chi connectivity index (χ3n) is 4.60. The number of nitrogens with zero attached hydrogens (tertiary/aromatic N) is 4. The molecule has 1 aromatic carbocycles. The number of likely N-dealkylation sites (N-methyl/N-ethyl adjacent to an activating group) is 1. The first kappa shape index (κ1) is 15.2. The summed E-state index contributed by atoms with van der Waals surface area (Å²) in [4.78, 5) is 9.48. The zero-order chi connectivity index (χ0) is 15.5. The Morgan fingerprint density at radius 1 is 1.09 bits per heavy atom. The van der Waals surface area contributed by atoms with Gasteiger partial charge in [0.1, 0.15) is 5.82 Å². The van der Waals surface area contributed by atoms with Gasteiger partial charge in [0.2, 0.25) is 0 Å².